The largest absolute Gasteiger partial charge is 0.326 e. The number of aromatic amines is 1. The van der Waals surface area contributed by atoms with Crippen molar-refractivity contribution in [1.29, 1.82) is 0 Å². The standard InChI is InChI=1S/C12H22N4O2S/c1-9-4-3-6-16(7-5-9)19(17,18)12-11(8-13)10(2)14-15-12/h9H,3-8,13H2,1-2H3,(H,14,15). The first-order valence-corrected chi connectivity index (χ1v) is 8.15. The van der Waals surface area contributed by atoms with E-state index in [2.05, 4.69) is 17.1 Å². The zero-order valence-electron chi connectivity index (χ0n) is 11.5. The average molecular weight is 286 g/mol. The highest BCUT2D eigenvalue weighted by Gasteiger charge is 2.31. The molecule has 6 nitrogen and oxygen atoms in total. The molecule has 1 fully saturated rings. The predicted octanol–water partition coefficient (Wildman–Crippen LogP) is 0.988. The third kappa shape index (κ3) is 2.82. The number of H-pyrrole nitrogens is 1. The van der Waals surface area contributed by atoms with E-state index in [0.717, 1.165) is 25.0 Å². The molecule has 0 aromatic carbocycles. The minimum Gasteiger partial charge on any atom is -0.326 e. The Hall–Kier alpha value is -0.920. The molecule has 1 aliphatic rings. The molecule has 0 bridgehead atoms. The molecule has 7 heteroatoms. The zero-order valence-corrected chi connectivity index (χ0v) is 12.3. The fourth-order valence-electron chi connectivity index (χ4n) is 2.48. The summed E-state index contributed by atoms with van der Waals surface area (Å²) in [7, 11) is -3.52. The molecule has 3 N–H and O–H groups in total. The van der Waals surface area contributed by atoms with Gasteiger partial charge in [0.1, 0.15) is 0 Å². The number of sulfonamides is 1. The molecule has 1 aromatic heterocycles. The van der Waals surface area contributed by atoms with Gasteiger partial charge in [-0.15, -0.1) is 0 Å². The van der Waals surface area contributed by atoms with Gasteiger partial charge in [-0.1, -0.05) is 6.92 Å². The molecule has 1 aliphatic heterocycles. The van der Waals surface area contributed by atoms with Crippen molar-refractivity contribution in [1.82, 2.24) is 14.5 Å². The first-order valence-electron chi connectivity index (χ1n) is 6.71. The van der Waals surface area contributed by atoms with Gasteiger partial charge in [0.15, 0.2) is 5.03 Å². The Morgan fingerprint density at radius 1 is 1.42 bits per heavy atom. The maximum absolute atomic E-state index is 12.6. The lowest BCUT2D eigenvalue weighted by Gasteiger charge is -2.19. The molecular weight excluding hydrogens is 264 g/mol. The van der Waals surface area contributed by atoms with E-state index in [4.69, 9.17) is 5.73 Å². The molecule has 1 atom stereocenters. The van der Waals surface area contributed by atoms with E-state index in [1.165, 1.54) is 0 Å². The van der Waals surface area contributed by atoms with Crippen molar-refractivity contribution in [3.8, 4) is 0 Å². The minimum atomic E-state index is -3.52. The van der Waals surface area contributed by atoms with E-state index in [0.29, 0.717) is 24.6 Å². The second-order valence-electron chi connectivity index (χ2n) is 5.28. The summed E-state index contributed by atoms with van der Waals surface area (Å²) in [6.07, 6.45) is 2.89. The Kier molecular flexibility index (Phi) is 4.27. The second kappa shape index (κ2) is 5.60. The van der Waals surface area contributed by atoms with Crippen LogP contribution in [-0.4, -0.2) is 36.0 Å². The van der Waals surface area contributed by atoms with Crippen LogP contribution in [-0.2, 0) is 16.6 Å². The maximum atomic E-state index is 12.6. The van der Waals surface area contributed by atoms with Crippen LogP contribution in [0.3, 0.4) is 0 Å². The van der Waals surface area contributed by atoms with Gasteiger partial charge in [0.05, 0.1) is 0 Å². The van der Waals surface area contributed by atoms with Gasteiger partial charge in [-0.3, -0.25) is 5.10 Å². The van der Waals surface area contributed by atoms with E-state index >= 15 is 0 Å². The van der Waals surface area contributed by atoms with Crippen LogP contribution in [0.4, 0.5) is 0 Å². The molecule has 19 heavy (non-hydrogen) atoms. The van der Waals surface area contributed by atoms with Crippen LogP contribution in [0.15, 0.2) is 5.03 Å². The smallest absolute Gasteiger partial charge is 0.262 e. The number of nitrogens with zero attached hydrogens (tertiary/aromatic N) is 2. The van der Waals surface area contributed by atoms with Crippen molar-refractivity contribution in [3.63, 3.8) is 0 Å². The Morgan fingerprint density at radius 3 is 2.84 bits per heavy atom. The SMILES string of the molecule is Cc1[nH]nc(S(=O)(=O)N2CCCC(C)CC2)c1CN. The van der Waals surface area contributed by atoms with Gasteiger partial charge in [-0.25, -0.2) is 8.42 Å². The summed E-state index contributed by atoms with van der Waals surface area (Å²) in [4.78, 5) is 0. The van der Waals surface area contributed by atoms with Crippen molar-refractivity contribution in [2.24, 2.45) is 11.7 Å². The van der Waals surface area contributed by atoms with E-state index in [1.54, 1.807) is 11.2 Å². The first kappa shape index (κ1) is 14.5. The van der Waals surface area contributed by atoms with Crippen molar-refractivity contribution >= 4 is 10.0 Å². The van der Waals surface area contributed by atoms with E-state index in [9.17, 15) is 8.42 Å². The molecule has 108 valence electrons. The topological polar surface area (TPSA) is 92.1 Å². The highest BCUT2D eigenvalue weighted by atomic mass is 32.2. The van der Waals surface area contributed by atoms with Gasteiger partial charge >= 0.3 is 0 Å². The van der Waals surface area contributed by atoms with Crippen molar-refractivity contribution < 1.29 is 8.42 Å². The van der Waals surface area contributed by atoms with Crippen LogP contribution in [0, 0.1) is 12.8 Å². The Balaban J connectivity index is 2.31. The summed E-state index contributed by atoms with van der Waals surface area (Å²) >= 11 is 0. The van der Waals surface area contributed by atoms with Crippen molar-refractivity contribution in [3.05, 3.63) is 11.3 Å². The fraction of sp³-hybridized carbons (Fsp3) is 0.750. The van der Waals surface area contributed by atoms with Gasteiger partial charge in [0.25, 0.3) is 10.0 Å². The molecule has 0 aliphatic carbocycles. The highest BCUT2D eigenvalue weighted by Crippen LogP contribution is 2.24. The molecule has 1 aromatic rings. The normalized spacial score (nSPS) is 22.4. The average Bonchev–Trinajstić information content (AvgIpc) is 2.60. The molecule has 1 saturated heterocycles. The van der Waals surface area contributed by atoms with Crippen molar-refractivity contribution in [2.75, 3.05) is 13.1 Å². The number of rotatable bonds is 3. The van der Waals surface area contributed by atoms with Crippen LogP contribution >= 0.6 is 0 Å². The Morgan fingerprint density at radius 2 is 2.16 bits per heavy atom. The molecule has 0 amide bonds. The number of aryl methyl sites for hydroxylation is 1. The number of hydrogen-bond acceptors (Lipinski definition) is 4. The zero-order chi connectivity index (χ0) is 14.0. The van der Waals surface area contributed by atoms with Crippen LogP contribution in [0.5, 0.6) is 0 Å². The third-order valence-electron chi connectivity index (χ3n) is 3.80. The molecule has 2 heterocycles. The lowest BCUT2D eigenvalue weighted by molar-refractivity contribution is 0.414. The summed E-state index contributed by atoms with van der Waals surface area (Å²) in [5.41, 5.74) is 6.95. The van der Waals surface area contributed by atoms with E-state index in [-0.39, 0.29) is 11.6 Å². The van der Waals surface area contributed by atoms with Crippen LogP contribution in [0.1, 0.15) is 37.4 Å². The number of aromatic nitrogens is 2. The highest BCUT2D eigenvalue weighted by molar-refractivity contribution is 7.89. The fourth-order valence-corrected chi connectivity index (χ4v) is 4.15. The summed E-state index contributed by atoms with van der Waals surface area (Å²) in [6.45, 7) is 5.28. The number of nitrogens with one attached hydrogen (secondary N) is 1. The Bertz CT molecular complexity index is 538. The third-order valence-corrected chi connectivity index (χ3v) is 5.67. The van der Waals surface area contributed by atoms with Gasteiger partial charge in [0, 0.05) is 30.9 Å². The number of hydrogen-bond donors (Lipinski definition) is 2. The lowest BCUT2D eigenvalue weighted by atomic mass is 10.0. The quantitative estimate of drug-likeness (QED) is 0.866. The van der Waals surface area contributed by atoms with Gasteiger partial charge in [-0.2, -0.15) is 9.40 Å². The van der Waals surface area contributed by atoms with Crippen LogP contribution < -0.4 is 5.73 Å². The second-order valence-corrected chi connectivity index (χ2v) is 7.13. The van der Waals surface area contributed by atoms with Crippen LogP contribution in [0.25, 0.3) is 0 Å². The van der Waals surface area contributed by atoms with E-state index < -0.39 is 10.0 Å². The molecular formula is C12H22N4O2S. The Labute approximate surface area is 114 Å². The van der Waals surface area contributed by atoms with E-state index in [1.807, 2.05) is 0 Å². The number of nitrogens with two attached hydrogens (primary N) is 1. The predicted molar refractivity (Wildman–Crippen MR) is 73.0 cm³/mol. The molecule has 2 rings (SSSR count). The summed E-state index contributed by atoms with van der Waals surface area (Å²) in [6, 6.07) is 0. The van der Waals surface area contributed by atoms with Crippen molar-refractivity contribution in [2.45, 2.75) is 44.7 Å². The van der Waals surface area contributed by atoms with Crippen LogP contribution in [0.2, 0.25) is 0 Å². The monoisotopic (exact) mass is 286 g/mol. The summed E-state index contributed by atoms with van der Waals surface area (Å²) in [5.74, 6) is 0.579. The molecule has 0 radical (unpaired) electrons. The van der Waals surface area contributed by atoms with Gasteiger partial charge in [0.2, 0.25) is 0 Å². The summed E-state index contributed by atoms with van der Waals surface area (Å²) < 4.78 is 26.8. The van der Waals surface area contributed by atoms with Gasteiger partial charge in [-0.05, 0) is 32.1 Å². The van der Waals surface area contributed by atoms with Gasteiger partial charge < -0.3 is 5.73 Å². The molecule has 1 unspecified atom stereocenters. The lowest BCUT2D eigenvalue weighted by Crippen LogP contribution is -2.33. The molecule has 0 spiro atoms. The minimum absolute atomic E-state index is 0.0991. The summed E-state index contributed by atoms with van der Waals surface area (Å²) in [5, 5.41) is 6.77. The molecule has 0 saturated carbocycles. The first-order chi connectivity index (χ1) is 8.96. The maximum Gasteiger partial charge on any atom is 0.262 e.